The Labute approximate surface area is 81.9 Å². The first-order chi connectivity index (χ1) is 6.57. The molecule has 1 atom stereocenters. The van der Waals surface area contributed by atoms with Crippen LogP contribution in [0.3, 0.4) is 0 Å². The van der Waals surface area contributed by atoms with Crippen LogP contribution in [0.5, 0.6) is 0 Å². The maximum Gasteiger partial charge on any atom is 0.328 e. The van der Waals surface area contributed by atoms with Crippen LogP contribution in [-0.2, 0) is 11.2 Å². The molecule has 0 fully saturated rings. The first kappa shape index (κ1) is 10.6. The quantitative estimate of drug-likeness (QED) is 0.762. The van der Waals surface area contributed by atoms with E-state index in [0.717, 1.165) is 0 Å². The third-order valence-corrected chi connectivity index (χ3v) is 2.03. The average molecular weight is 198 g/mol. The minimum atomic E-state index is -0.901. The second-order valence-electron chi connectivity index (χ2n) is 3.42. The third-order valence-electron chi connectivity index (χ3n) is 2.03. The maximum atomic E-state index is 11.0. The second kappa shape index (κ2) is 4.17. The van der Waals surface area contributed by atoms with Crippen LogP contribution in [0.2, 0.25) is 0 Å². The van der Waals surface area contributed by atoms with E-state index >= 15 is 0 Å². The maximum absolute atomic E-state index is 11.0. The predicted molar refractivity (Wildman–Crippen MR) is 48.7 cm³/mol. The number of hydrogen-bond acceptors (Lipinski definition) is 4. The van der Waals surface area contributed by atoms with E-state index in [2.05, 4.69) is 15.5 Å². The van der Waals surface area contributed by atoms with E-state index in [-0.39, 0.29) is 5.92 Å². The van der Waals surface area contributed by atoms with Gasteiger partial charge in [0.2, 0.25) is 0 Å². The van der Waals surface area contributed by atoms with Crippen molar-refractivity contribution >= 4 is 5.97 Å². The third kappa shape index (κ3) is 1.89. The smallest absolute Gasteiger partial charge is 0.328 e. The van der Waals surface area contributed by atoms with E-state index in [1.165, 1.54) is 4.68 Å². The van der Waals surface area contributed by atoms with E-state index in [1.54, 1.807) is 0 Å². The van der Waals surface area contributed by atoms with E-state index in [1.807, 2.05) is 20.8 Å². The molecule has 6 nitrogen and oxygen atoms in total. The lowest BCUT2D eigenvalue weighted by Gasteiger charge is -2.16. The summed E-state index contributed by atoms with van der Waals surface area (Å²) in [4.78, 5) is 11.0. The molecule has 1 heterocycles. The van der Waals surface area contributed by atoms with Crippen molar-refractivity contribution in [3.63, 3.8) is 0 Å². The fourth-order valence-corrected chi connectivity index (χ4v) is 1.33. The molecule has 0 aliphatic heterocycles. The summed E-state index contributed by atoms with van der Waals surface area (Å²) in [6.45, 7) is 5.56. The van der Waals surface area contributed by atoms with Crippen LogP contribution in [0.25, 0.3) is 0 Å². The molecule has 0 aliphatic carbocycles. The zero-order valence-corrected chi connectivity index (χ0v) is 8.51. The van der Waals surface area contributed by atoms with E-state index in [0.29, 0.717) is 12.2 Å². The Morgan fingerprint density at radius 3 is 2.64 bits per heavy atom. The Bertz CT molecular complexity index is 321. The molecular weight excluding hydrogens is 184 g/mol. The molecule has 6 heteroatoms. The molecule has 14 heavy (non-hydrogen) atoms. The lowest BCUT2D eigenvalue weighted by Crippen LogP contribution is -2.26. The van der Waals surface area contributed by atoms with Crippen molar-refractivity contribution in [3.05, 3.63) is 5.82 Å². The van der Waals surface area contributed by atoms with E-state index in [4.69, 9.17) is 5.11 Å². The van der Waals surface area contributed by atoms with Gasteiger partial charge >= 0.3 is 5.97 Å². The number of tetrazole rings is 1. The number of nitrogens with zero attached hydrogens (tertiary/aromatic N) is 4. The molecule has 1 unspecified atom stereocenters. The minimum absolute atomic E-state index is 0.0405. The van der Waals surface area contributed by atoms with Crippen molar-refractivity contribution in [3.8, 4) is 0 Å². The Balaban J connectivity index is 3.04. The topological polar surface area (TPSA) is 80.9 Å². The molecule has 0 aromatic carbocycles. The molecule has 0 radical (unpaired) electrons. The highest BCUT2D eigenvalue weighted by atomic mass is 16.4. The molecule has 1 aromatic rings. The fraction of sp³-hybridized carbons (Fsp3) is 0.750. The molecule has 1 aromatic heterocycles. The Morgan fingerprint density at radius 2 is 2.21 bits per heavy atom. The van der Waals surface area contributed by atoms with Gasteiger partial charge in [-0.25, -0.2) is 9.48 Å². The highest BCUT2D eigenvalue weighted by Crippen LogP contribution is 2.17. The van der Waals surface area contributed by atoms with Gasteiger partial charge in [-0.05, 0) is 16.3 Å². The highest BCUT2D eigenvalue weighted by molar-refractivity contribution is 5.72. The Hall–Kier alpha value is -1.46. The van der Waals surface area contributed by atoms with Crippen molar-refractivity contribution in [1.82, 2.24) is 20.2 Å². The zero-order valence-electron chi connectivity index (χ0n) is 8.51. The van der Waals surface area contributed by atoms with Gasteiger partial charge in [0.15, 0.2) is 11.9 Å². The largest absolute Gasteiger partial charge is 0.480 e. The van der Waals surface area contributed by atoms with Crippen LogP contribution in [0.1, 0.15) is 32.6 Å². The summed E-state index contributed by atoms with van der Waals surface area (Å²) in [5, 5.41) is 20.0. The van der Waals surface area contributed by atoms with Crippen LogP contribution < -0.4 is 0 Å². The highest BCUT2D eigenvalue weighted by Gasteiger charge is 2.26. The molecule has 1 N–H and O–H groups in total. The number of carbonyl (C=O) groups is 1. The second-order valence-corrected chi connectivity index (χ2v) is 3.42. The Morgan fingerprint density at radius 1 is 1.57 bits per heavy atom. The number of rotatable bonds is 4. The molecule has 0 saturated heterocycles. The molecule has 0 spiro atoms. The monoisotopic (exact) mass is 198 g/mol. The SMILES string of the molecule is CCc1nnnn1C(C(=O)O)C(C)C. The summed E-state index contributed by atoms with van der Waals surface area (Å²) >= 11 is 0. The molecule has 0 amide bonds. The van der Waals surface area contributed by atoms with E-state index < -0.39 is 12.0 Å². The van der Waals surface area contributed by atoms with Crippen molar-refractivity contribution in [2.45, 2.75) is 33.2 Å². The Kier molecular flexibility index (Phi) is 3.16. The van der Waals surface area contributed by atoms with Gasteiger partial charge in [0.25, 0.3) is 0 Å². The van der Waals surface area contributed by atoms with Crippen molar-refractivity contribution in [1.29, 1.82) is 0 Å². The fourth-order valence-electron chi connectivity index (χ4n) is 1.33. The summed E-state index contributed by atoms with van der Waals surface area (Å²) in [6, 6.07) is -0.681. The van der Waals surface area contributed by atoms with Gasteiger partial charge in [-0.1, -0.05) is 20.8 Å². The number of aryl methyl sites for hydroxylation is 1. The van der Waals surface area contributed by atoms with Crippen LogP contribution in [0.4, 0.5) is 0 Å². The number of hydrogen-bond donors (Lipinski definition) is 1. The van der Waals surface area contributed by atoms with Gasteiger partial charge in [-0.2, -0.15) is 0 Å². The van der Waals surface area contributed by atoms with Crippen LogP contribution >= 0.6 is 0 Å². The summed E-state index contributed by atoms with van der Waals surface area (Å²) in [6.07, 6.45) is 0.628. The first-order valence-electron chi connectivity index (χ1n) is 4.57. The molecule has 78 valence electrons. The molecular formula is C8H14N4O2. The standard InChI is InChI=1S/C8H14N4O2/c1-4-6-9-10-11-12(6)7(5(2)3)8(13)14/h5,7H,4H2,1-3H3,(H,13,14). The summed E-state index contributed by atoms with van der Waals surface area (Å²) in [5.74, 6) is -0.339. The molecule has 0 aliphatic rings. The van der Waals surface area contributed by atoms with Crippen molar-refractivity contribution in [2.24, 2.45) is 5.92 Å². The van der Waals surface area contributed by atoms with Gasteiger partial charge in [0.1, 0.15) is 0 Å². The van der Waals surface area contributed by atoms with E-state index in [9.17, 15) is 4.79 Å². The summed E-state index contributed by atoms with van der Waals surface area (Å²) in [5.41, 5.74) is 0. The number of carboxylic acid groups (broad SMARTS) is 1. The van der Waals surface area contributed by atoms with Crippen LogP contribution in [0.15, 0.2) is 0 Å². The van der Waals surface area contributed by atoms with Gasteiger partial charge in [-0.3, -0.25) is 0 Å². The predicted octanol–water partition coefficient (Wildman–Crippen LogP) is 0.517. The minimum Gasteiger partial charge on any atom is -0.480 e. The number of aromatic nitrogens is 4. The lowest BCUT2D eigenvalue weighted by molar-refractivity contribution is -0.142. The molecule has 0 bridgehead atoms. The lowest BCUT2D eigenvalue weighted by atomic mass is 10.1. The summed E-state index contributed by atoms with van der Waals surface area (Å²) < 4.78 is 1.38. The summed E-state index contributed by atoms with van der Waals surface area (Å²) in [7, 11) is 0. The first-order valence-corrected chi connectivity index (χ1v) is 4.57. The van der Waals surface area contributed by atoms with Gasteiger partial charge in [-0.15, -0.1) is 5.10 Å². The van der Waals surface area contributed by atoms with Crippen molar-refractivity contribution < 1.29 is 9.90 Å². The zero-order chi connectivity index (χ0) is 10.7. The van der Waals surface area contributed by atoms with Crippen LogP contribution in [-0.4, -0.2) is 31.3 Å². The normalized spacial score (nSPS) is 13.1. The molecule has 0 saturated carbocycles. The average Bonchev–Trinajstić information content (AvgIpc) is 2.51. The number of aliphatic carboxylic acids is 1. The molecule has 1 rings (SSSR count). The van der Waals surface area contributed by atoms with Gasteiger partial charge in [0.05, 0.1) is 0 Å². The van der Waals surface area contributed by atoms with Gasteiger partial charge in [0, 0.05) is 6.42 Å². The van der Waals surface area contributed by atoms with Crippen LogP contribution in [0, 0.1) is 5.92 Å². The van der Waals surface area contributed by atoms with Gasteiger partial charge < -0.3 is 5.11 Å². The van der Waals surface area contributed by atoms with Crippen molar-refractivity contribution in [2.75, 3.05) is 0 Å². The number of carboxylic acids is 1.